The van der Waals surface area contributed by atoms with Gasteiger partial charge in [0.2, 0.25) is 5.91 Å². The van der Waals surface area contributed by atoms with E-state index in [1.54, 1.807) is 0 Å². The molecule has 0 heterocycles. The van der Waals surface area contributed by atoms with Crippen molar-refractivity contribution in [3.63, 3.8) is 0 Å². The van der Waals surface area contributed by atoms with E-state index in [9.17, 15) is 4.79 Å². The molecule has 14 heavy (non-hydrogen) atoms. The van der Waals surface area contributed by atoms with Crippen LogP contribution in [-0.4, -0.2) is 18.0 Å². The first-order valence-corrected chi connectivity index (χ1v) is 5.04. The number of carbonyl (C=O) groups excluding carboxylic acids is 1. The maximum Gasteiger partial charge on any atom is 0.220 e. The van der Waals surface area contributed by atoms with Gasteiger partial charge in [0.1, 0.15) is 0 Å². The minimum absolute atomic E-state index is 0.0633. The van der Waals surface area contributed by atoms with E-state index >= 15 is 0 Å². The Morgan fingerprint density at radius 1 is 1.57 bits per heavy atom. The number of terminal acetylenes is 1. The van der Waals surface area contributed by atoms with E-state index in [0.29, 0.717) is 12.8 Å². The summed E-state index contributed by atoms with van der Waals surface area (Å²) in [5.74, 6) is 2.58. The predicted molar refractivity (Wildman–Crippen MR) is 58.6 cm³/mol. The van der Waals surface area contributed by atoms with Crippen molar-refractivity contribution in [3.8, 4) is 12.3 Å². The van der Waals surface area contributed by atoms with E-state index < -0.39 is 0 Å². The highest BCUT2D eigenvalue weighted by molar-refractivity contribution is 5.76. The molecule has 2 atom stereocenters. The van der Waals surface area contributed by atoms with E-state index in [1.807, 2.05) is 13.8 Å². The van der Waals surface area contributed by atoms with Crippen LogP contribution in [0.1, 0.15) is 39.5 Å². The molecule has 0 radical (unpaired) electrons. The second-order valence-electron chi connectivity index (χ2n) is 3.75. The van der Waals surface area contributed by atoms with Gasteiger partial charge in [-0.25, -0.2) is 0 Å². The van der Waals surface area contributed by atoms with Crippen molar-refractivity contribution in [2.45, 2.75) is 51.6 Å². The molecular weight excluding hydrogens is 176 g/mol. The third kappa shape index (κ3) is 7.63. The summed E-state index contributed by atoms with van der Waals surface area (Å²) in [5.41, 5.74) is 5.57. The first-order valence-electron chi connectivity index (χ1n) is 5.04. The van der Waals surface area contributed by atoms with Crippen LogP contribution < -0.4 is 11.1 Å². The van der Waals surface area contributed by atoms with Gasteiger partial charge in [-0.15, -0.1) is 12.3 Å². The SMILES string of the molecule is C#CCC(C)NC(=O)CCCC(C)N. The number of nitrogens with two attached hydrogens (primary N) is 1. The van der Waals surface area contributed by atoms with Crippen molar-refractivity contribution in [3.05, 3.63) is 0 Å². The average Bonchev–Trinajstić information content (AvgIpc) is 2.03. The normalized spacial score (nSPS) is 14.1. The number of carbonyl (C=O) groups is 1. The van der Waals surface area contributed by atoms with Crippen LogP contribution in [0, 0.1) is 12.3 Å². The molecule has 1 amide bonds. The highest BCUT2D eigenvalue weighted by Gasteiger charge is 2.05. The summed E-state index contributed by atoms with van der Waals surface area (Å²) in [4.78, 5) is 11.3. The number of rotatable bonds is 6. The van der Waals surface area contributed by atoms with E-state index in [4.69, 9.17) is 12.2 Å². The second-order valence-corrected chi connectivity index (χ2v) is 3.75. The Morgan fingerprint density at radius 2 is 2.21 bits per heavy atom. The molecule has 0 bridgehead atoms. The van der Waals surface area contributed by atoms with Crippen LogP contribution in [0.2, 0.25) is 0 Å². The summed E-state index contributed by atoms with van der Waals surface area (Å²) in [6.45, 7) is 3.85. The summed E-state index contributed by atoms with van der Waals surface area (Å²) < 4.78 is 0. The van der Waals surface area contributed by atoms with Crippen molar-refractivity contribution >= 4 is 5.91 Å². The first-order chi connectivity index (χ1) is 6.56. The van der Waals surface area contributed by atoms with Gasteiger partial charge in [-0.3, -0.25) is 4.79 Å². The van der Waals surface area contributed by atoms with E-state index in [0.717, 1.165) is 12.8 Å². The Balaban J connectivity index is 3.51. The van der Waals surface area contributed by atoms with Gasteiger partial charge in [-0.1, -0.05) is 0 Å². The van der Waals surface area contributed by atoms with Gasteiger partial charge in [-0.2, -0.15) is 0 Å². The molecule has 0 aliphatic heterocycles. The van der Waals surface area contributed by atoms with Crippen molar-refractivity contribution in [2.75, 3.05) is 0 Å². The number of amides is 1. The zero-order valence-corrected chi connectivity index (χ0v) is 9.05. The summed E-state index contributed by atoms with van der Waals surface area (Å²) in [6, 6.07) is 0.244. The van der Waals surface area contributed by atoms with E-state index in [1.165, 1.54) is 0 Å². The maximum atomic E-state index is 11.3. The molecule has 0 aromatic heterocycles. The second kappa shape index (κ2) is 7.40. The molecule has 0 rings (SSSR count). The summed E-state index contributed by atoms with van der Waals surface area (Å²) in [7, 11) is 0. The summed E-state index contributed by atoms with van der Waals surface area (Å²) in [5, 5.41) is 2.83. The molecule has 3 heteroatoms. The molecule has 0 fully saturated rings. The van der Waals surface area contributed by atoms with Crippen LogP contribution in [0.15, 0.2) is 0 Å². The fraction of sp³-hybridized carbons (Fsp3) is 0.727. The third-order valence-corrected chi connectivity index (χ3v) is 1.89. The van der Waals surface area contributed by atoms with Gasteiger partial charge >= 0.3 is 0 Å². The lowest BCUT2D eigenvalue weighted by molar-refractivity contribution is -0.121. The number of hydrogen-bond donors (Lipinski definition) is 2. The zero-order chi connectivity index (χ0) is 11.0. The lowest BCUT2D eigenvalue weighted by atomic mass is 10.1. The monoisotopic (exact) mass is 196 g/mol. The van der Waals surface area contributed by atoms with Crippen LogP contribution in [0.4, 0.5) is 0 Å². The topological polar surface area (TPSA) is 55.1 Å². The first kappa shape index (κ1) is 13.0. The van der Waals surface area contributed by atoms with Crippen molar-refractivity contribution in [1.82, 2.24) is 5.32 Å². The van der Waals surface area contributed by atoms with E-state index in [2.05, 4.69) is 11.2 Å². The standard InChI is InChI=1S/C11H20N2O/c1-4-6-10(3)13-11(14)8-5-7-9(2)12/h1,9-10H,5-8,12H2,2-3H3,(H,13,14). The molecule has 0 aromatic carbocycles. The van der Waals surface area contributed by atoms with Gasteiger partial charge in [-0.05, 0) is 26.7 Å². The van der Waals surface area contributed by atoms with E-state index in [-0.39, 0.29) is 18.0 Å². The van der Waals surface area contributed by atoms with Crippen LogP contribution in [-0.2, 0) is 4.79 Å². The van der Waals surface area contributed by atoms with Gasteiger partial charge in [0.15, 0.2) is 0 Å². The van der Waals surface area contributed by atoms with Crippen molar-refractivity contribution < 1.29 is 4.79 Å². The Morgan fingerprint density at radius 3 is 2.71 bits per heavy atom. The average molecular weight is 196 g/mol. The highest BCUT2D eigenvalue weighted by Crippen LogP contribution is 1.99. The molecule has 0 aromatic rings. The minimum atomic E-state index is 0.0633. The maximum absolute atomic E-state index is 11.3. The van der Waals surface area contributed by atoms with Crippen molar-refractivity contribution in [1.29, 1.82) is 0 Å². The van der Waals surface area contributed by atoms with Crippen LogP contribution in [0.3, 0.4) is 0 Å². The lowest BCUT2D eigenvalue weighted by Crippen LogP contribution is -2.32. The Hall–Kier alpha value is -1.01. The predicted octanol–water partition coefficient (Wildman–Crippen LogP) is 1.03. The highest BCUT2D eigenvalue weighted by atomic mass is 16.1. The molecule has 0 aliphatic rings. The quantitative estimate of drug-likeness (QED) is 0.623. The third-order valence-electron chi connectivity index (χ3n) is 1.89. The van der Waals surface area contributed by atoms with Gasteiger partial charge in [0.05, 0.1) is 0 Å². The van der Waals surface area contributed by atoms with Crippen LogP contribution >= 0.6 is 0 Å². The smallest absolute Gasteiger partial charge is 0.220 e. The molecular formula is C11H20N2O. The molecule has 0 aliphatic carbocycles. The molecule has 3 nitrogen and oxygen atoms in total. The van der Waals surface area contributed by atoms with Gasteiger partial charge in [0, 0.05) is 24.9 Å². The summed E-state index contributed by atoms with van der Waals surface area (Å²) in [6.07, 6.45) is 7.97. The van der Waals surface area contributed by atoms with Crippen LogP contribution in [0.25, 0.3) is 0 Å². The fourth-order valence-electron chi connectivity index (χ4n) is 1.16. The Kier molecular flexibility index (Phi) is 6.87. The van der Waals surface area contributed by atoms with Crippen LogP contribution in [0.5, 0.6) is 0 Å². The molecule has 0 saturated heterocycles. The zero-order valence-electron chi connectivity index (χ0n) is 9.05. The molecule has 80 valence electrons. The van der Waals surface area contributed by atoms with Crippen molar-refractivity contribution in [2.24, 2.45) is 5.73 Å². The number of hydrogen-bond acceptors (Lipinski definition) is 2. The minimum Gasteiger partial charge on any atom is -0.353 e. The molecule has 3 N–H and O–H groups in total. The Bertz CT molecular complexity index is 206. The Labute approximate surface area is 86.4 Å². The molecule has 0 saturated carbocycles. The molecule has 0 spiro atoms. The largest absolute Gasteiger partial charge is 0.353 e. The van der Waals surface area contributed by atoms with Gasteiger partial charge < -0.3 is 11.1 Å². The lowest BCUT2D eigenvalue weighted by Gasteiger charge is -2.11. The number of nitrogens with one attached hydrogen (secondary N) is 1. The summed E-state index contributed by atoms with van der Waals surface area (Å²) >= 11 is 0. The molecule has 2 unspecified atom stereocenters. The van der Waals surface area contributed by atoms with Gasteiger partial charge in [0.25, 0.3) is 0 Å². The fourth-order valence-corrected chi connectivity index (χ4v) is 1.16.